The topological polar surface area (TPSA) is 66.4 Å². The fourth-order valence-corrected chi connectivity index (χ4v) is 8.63. The molecule has 6 aliphatic rings. The summed E-state index contributed by atoms with van der Waals surface area (Å²) in [4.78, 5) is 0. The van der Waals surface area contributed by atoms with E-state index in [1.165, 1.54) is 0 Å². The molecule has 1 spiro atoms. The lowest BCUT2D eigenvalue weighted by Crippen LogP contribution is -2.66. The quantitative estimate of drug-likeness (QED) is 0.700. The summed E-state index contributed by atoms with van der Waals surface area (Å²) >= 11 is 0. The van der Waals surface area contributed by atoms with Gasteiger partial charge in [-0.05, 0) is 62.2 Å². The molecule has 0 aromatic rings. The molecular weight excluding hydrogens is 384 g/mol. The molecule has 3 aliphatic carbocycles. The highest BCUT2D eigenvalue weighted by atomic mass is 16.8. The van der Waals surface area contributed by atoms with Crippen molar-refractivity contribution in [1.29, 1.82) is 0 Å². The maximum absolute atomic E-state index is 12.0. The van der Waals surface area contributed by atoms with Gasteiger partial charge in [-0.2, -0.15) is 0 Å². The highest BCUT2D eigenvalue weighted by molar-refractivity contribution is 5.18. The standard InChI is InChI=1S/C24H38O6/c1-20-8-9-23(29-12-13-30-23)14-16(20)15-26-19-17(20)4-6-21(2)18(19)5-7-24(21,25)22(3)27-10-11-28-22/h16-19,25H,4-15H2,1-3H3/t16-,17+,18+,19-,20+,21+,24-/m1/s1. The van der Waals surface area contributed by atoms with Crippen LogP contribution in [0.5, 0.6) is 0 Å². The third-order valence-electron chi connectivity index (χ3n) is 10.6. The van der Waals surface area contributed by atoms with Gasteiger partial charge in [-0.15, -0.1) is 0 Å². The second kappa shape index (κ2) is 6.42. The number of ether oxygens (including phenoxy) is 5. The Morgan fingerprint density at radius 2 is 1.43 bits per heavy atom. The van der Waals surface area contributed by atoms with Crippen LogP contribution in [0.4, 0.5) is 0 Å². The van der Waals surface area contributed by atoms with Crippen molar-refractivity contribution < 1.29 is 28.8 Å². The van der Waals surface area contributed by atoms with Crippen LogP contribution in [0.15, 0.2) is 0 Å². The fourth-order valence-electron chi connectivity index (χ4n) is 8.63. The molecular formula is C24H38O6. The summed E-state index contributed by atoms with van der Waals surface area (Å²) in [6.07, 6.45) is 7.10. The average molecular weight is 423 g/mol. The van der Waals surface area contributed by atoms with Gasteiger partial charge >= 0.3 is 0 Å². The molecule has 0 amide bonds. The fraction of sp³-hybridized carbons (Fsp3) is 1.00. The predicted molar refractivity (Wildman–Crippen MR) is 109 cm³/mol. The van der Waals surface area contributed by atoms with Crippen LogP contribution in [0.1, 0.15) is 65.7 Å². The van der Waals surface area contributed by atoms with Crippen LogP contribution < -0.4 is 0 Å². The van der Waals surface area contributed by atoms with E-state index in [1.54, 1.807) is 0 Å². The second-order valence-corrected chi connectivity index (χ2v) is 11.5. The Labute approximate surface area is 179 Å². The Morgan fingerprint density at radius 3 is 2.17 bits per heavy atom. The van der Waals surface area contributed by atoms with E-state index in [1.807, 2.05) is 6.92 Å². The van der Waals surface area contributed by atoms with Crippen LogP contribution >= 0.6 is 0 Å². The Morgan fingerprint density at radius 1 is 0.767 bits per heavy atom. The van der Waals surface area contributed by atoms with Gasteiger partial charge in [0, 0.05) is 18.3 Å². The molecule has 3 saturated carbocycles. The van der Waals surface area contributed by atoms with E-state index in [9.17, 15) is 5.11 Å². The van der Waals surface area contributed by atoms with Gasteiger partial charge in [0.1, 0.15) is 5.60 Å². The average Bonchev–Trinajstić information content (AvgIpc) is 3.43. The molecule has 1 N–H and O–H groups in total. The minimum atomic E-state index is -0.963. The zero-order chi connectivity index (χ0) is 20.8. The van der Waals surface area contributed by atoms with Gasteiger partial charge < -0.3 is 28.8 Å². The van der Waals surface area contributed by atoms with Gasteiger partial charge in [-0.1, -0.05) is 13.8 Å². The summed E-state index contributed by atoms with van der Waals surface area (Å²) in [5.74, 6) is 0.100. The SMILES string of the molecule is CC1([C@@]2(O)CC[C@H]3[C@@H]4OC[C@H]5CC6(CC[C@]5(C)[C@H]4CC[C@@]32C)OCCO6)OCCO1. The van der Waals surface area contributed by atoms with Crippen LogP contribution in [-0.2, 0) is 23.7 Å². The van der Waals surface area contributed by atoms with Crippen LogP contribution in [0.2, 0.25) is 0 Å². The monoisotopic (exact) mass is 422 g/mol. The molecule has 170 valence electrons. The minimum absolute atomic E-state index is 0.212. The van der Waals surface area contributed by atoms with Gasteiger partial charge in [0.2, 0.25) is 0 Å². The first-order chi connectivity index (χ1) is 14.3. The molecule has 6 heteroatoms. The lowest BCUT2D eigenvalue weighted by Gasteiger charge is -2.62. The number of hydrogen-bond donors (Lipinski definition) is 1. The van der Waals surface area contributed by atoms with Gasteiger partial charge in [0.05, 0.1) is 39.1 Å². The van der Waals surface area contributed by atoms with Crippen molar-refractivity contribution >= 4 is 0 Å². The molecule has 3 saturated heterocycles. The Bertz CT molecular complexity index is 700. The summed E-state index contributed by atoms with van der Waals surface area (Å²) in [6.45, 7) is 10.1. The summed E-state index contributed by atoms with van der Waals surface area (Å²) in [7, 11) is 0. The van der Waals surface area contributed by atoms with Crippen molar-refractivity contribution in [2.45, 2.75) is 89.0 Å². The van der Waals surface area contributed by atoms with Crippen molar-refractivity contribution in [3.8, 4) is 0 Å². The number of aliphatic hydroxyl groups is 1. The van der Waals surface area contributed by atoms with Crippen molar-refractivity contribution in [2.24, 2.45) is 28.6 Å². The Balaban J connectivity index is 1.27. The van der Waals surface area contributed by atoms with Crippen LogP contribution in [0.25, 0.3) is 0 Å². The molecule has 6 fully saturated rings. The number of fused-ring (bicyclic) bond motifs is 5. The van der Waals surface area contributed by atoms with Crippen LogP contribution in [-0.4, -0.2) is 61.4 Å². The first kappa shape index (κ1) is 20.4. The normalized spacial score (nSPS) is 54.0. The first-order valence-corrected chi connectivity index (χ1v) is 12.2. The van der Waals surface area contributed by atoms with E-state index in [2.05, 4.69) is 13.8 Å². The summed E-state index contributed by atoms with van der Waals surface area (Å²) in [6, 6.07) is 0. The van der Waals surface area contributed by atoms with E-state index < -0.39 is 11.4 Å². The van der Waals surface area contributed by atoms with Crippen molar-refractivity contribution in [2.75, 3.05) is 33.0 Å². The minimum Gasteiger partial charge on any atom is -0.384 e. The molecule has 7 atom stereocenters. The molecule has 3 heterocycles. The smallest absolute Gasteiger partial charge is 0.195 e. The van der Waals surface area contributed by atoms with Crippen LogP contribution in [0.3, 0.4) is 0 Å². The number of rotatable bonds is 1. The molecule has 0 bridgehead atoms. The zero-order valence-electron chi connectivity index (χ0n) is 18.8. The number of hydrogen-bond acceptors (Lipinski definition) is 6. The van der Waals surface area contributed by atoms with E-state index in [-0.39, 0.29) is 22.7 Å². The largest absolute Gasteiger partial charge is 0.384 e. The van der Waals surface area contributed by atoms with Gasteiger partial charge in [-0.3, -0.25) is 0 Å². The molecule has 3 aliphatic heterocycles. The zero-order valence-corrected chi connectivity index (χ0v) is 18.8. The molecule has 0 aromatic carbocycles. The molecule has 0 unspecified atom stereocenters. The van der Waals surface area contributed by atoms with Gasteiger partial charge in [0.25, 0.3) is 0 Å². The van der Waals surface area contributed by atoms with Gasteiger partial charge in [0.15, 0.2) is 11.6 Å². The third-order valence-corrected chi connectivity index (χ3v) is 10.6. The summed E-state index contributed by atoms with van der Waals surface area (Å²) in [5, 5.41) is 12.0. The maximum atomic E-state index is 12.0. The molecule has 0 radical (unpaired) electrons. The lowest BCUT2D eigenvalue weighted by molar-refractivity contribution is -0.311. The van der Waals surface area contributed by atoms with Crippen molar-refractivity contribution in [1.82, 2.24) is 0 Å². The summed E-state index contributed by atoms with van der Waals surface area (Å²) in [5.41, 5.74) is -0.949. The predicted octanol–water partition coefficient (Wildman–Crippen LogP) is 3.26. The third kappa shape index (κ3) is 2.41. The lowest BCUT2D eigenvalue weighted by atomic mass is 9.49. The highest BCUT2D eigenvalue weighted by Crippen LogP contribution is 2.68. The van der Waals surface area contributed by atoms with E-state index in [0.29, 0.717) is 31.0 Å². The van der Waals surface area contributed by atoms with E-state index >= 15 is 0 Å². The van der Waals surface area contributed by atoms with E-state index in [4.69, 9.17) is 23.7 Å². The van der Waals surface area contributed by atoms with Crippen LogP contribution in [0, 0.1) is 28.6 Å². The molecule has 0 aromatic heterocycles. The summed E-state index contributed by atoms with van der Waals surface area (Å²) < 4.78 is 30.8. The Kier molecular flexibility index (Phi) is 4.36. The molecule has 6 rings (SSSR count). The second-order valence-electron chi connectivity index (χ2n) is 11.5. The molecule has 30 heavy (non-hydrogen) atoms. The van der Waals surface area contributed by atoms with E-state index in [0.717, 1.165) is 64.8 Å². The van der Waals surface area contributed by atoms with Crippen molar-refractivity contribution in [3.63, 3.8) is 0 Å². The maximum Gasteiger partial charge on any atom is 0.195 e. The Hall–Kier alpha value is -0.240. The highest BCUT2D eigenvalue weighted by Gasteiger charge is 2.71. The van der Waals surface area contributed by atoms with Crippen molar-refractivity contribution in [3.05, 3.63) is 0 Å². The first-order valence-electron chi connectivity index (χ1n) is 12.2. The molecule has 6 nitrogen and oxygen atoms in total. The van der Waals surface area contributed by atoms with Gasteiger partial charge in [-0.25, -0.2) is 0 Å².